The molecule has 132 valence electrons. The average Bonchev–Trinajstić information content (AvgIpc) is 2.63. The fraction of sp³-hybridized carbons (Fsp3) is 0.105. The molecule has 7 heteroatoms. The van der Waals surface area contributed by atoms with Crippen molar-refractivity contribution in [1.82, 2.24) is 9.55 Å². The molecule has 0 amide bonds. The first kappa shape index (κ1) is 17.8. The summed E-state index contributed by atoms with van der Waals surface area (Å²) in [5.41, 5.74) is 1.57. The highest BCUT2D eigenvalue weighted by molar-refractivity contribution is 7.71. The van der Waals surface area contributed by atoms with Gasteiger partial charge in [-0.25, -0.2) is 4.39 Å². The van der Waals surface area contributed by atoms with Crippen molar-refractivity contribution in [2.24, 2.45) is 4.99 Å². The number of rotatable bonds is 4. The van der Waals surface area contributed by atoms with Crippen molar-refractivity contribution in [2.75, 3.05) is 0 Å². The molecule has 3 rings (SSSR count). The van der Waals surface area contributed by atoms with E-state index in [1.165, 1.54) is 35.0 Å². The Kier molecular flexibility index (Phi) is 5.09. The summed E-state index contributed by atoms with van der Waals surface area (Å²) in [5.74, 6) is -0.773. The number of aliphatic imine (C=N–C) groups is 1. The standard InChI is InChI=1S/C19H16FN3O2S/c1-2-12-5-3-4-6-16(12)21-11-15-17(24)22-19(26)23(18(15)25)14-9-7-13(20)8-10-14/h3-11,25H,2H2,1H3,(H,22,24,26). The second-order valence-corrected chi connectivity index (χ2v) is 5.94. The van der Waals surface area contributed by atoms with Gasteiger partial charge >= 0.3 is 0 Å². The molecule has 5 nitrogen and oxygen atoms in total. The number of para-hydroxylation sites is 1. The van der Waals surface area contributed by atoms with Crippen LogP contribution in [0.3, 0.4) is 0 Å². The normalized spacial score (nSPS) is 11.2. The monoisotopic (exact) mass is 369 g/mol. The van der Waals surface area contributed by atoms with E-state index in [-0.39, 0.29) is 16.2 Å². The van der Waals surface area contributed by atoms with Gasteiger partial charge in [0.2, 0.25) is 5.88 Å². The summed E-state index contributed by atoms with van der Waals surface area (Å²) in [6.07, 6.45) is 2.09. The molecule has 0 aliphatic rings. The maximum absolute atomic E-state index is 13.1. The second kappa shape index (κ2) is 7.45. The first-order chi connectivity index (χ1) is 12.5. The van der Waals surface area contributed by atoms with Gasteiger partial charge < -0.3 is 5.11 Å². The second-order valence-electron chi connectivity index (χ2n) is 5.55. The minimum atomic E-state index is -0.552. The highest BCUT2D eigenvalue weighted by atomic mass is 32.1. The predicted octanol–water partition coefficient (Wildman–Crippen LogP) is 4.05. The van der Waals surface area contributed by atoms with Crippen molar-refractivity contribution in [2.45, 2.75) is 13.3 Å². The van der Waals surface area contributed by atoms with E-state index in [0.717, 1.165) is 12.0 Å². The van der Waals surface area contributed by atoms with Crippen LogP contribution in [0.25, 0.3) is 5.69 Å². The number of hydrogen-bond donors (Lipinski definition) is 2. The van der Waals surface area contributed by atoms with Gasteiger partial charge in [0.1, 0.15) is 11.4 Å². The molecule has 0 saturated carbocycles. The molecule has 0 aliphatic carbocycles. The van der Waals surface area contributed by atoms with Gasteiger partial charge in [-0.2, -0.15) is 0 Å². The van der Waals surface area contributed by atoms with Crippen LogP contribution >= 0.6 is 12.2 Å². The number of halogens is 1. The Labute approximate surface area is 154 Å². The van der Waals surface area contributed by atoms with Gasteiger partial charge in [0.05, 0.1) is 11.4 Å². The van der Waals surface area contributed by atoms with E-state index < -0.39 is 11.4 Å². The summed E-state index contributed by atoms with van der Waals surface area (Å²) >= 11 is 5.13. The average molecular weight is 369 g/mol. The van der Waals surface area contributed by atoms with Crippen LogP contribution in [0.5, 0.6) is 5.88 Å². The van der Waals surface area contributed by atoms with Crippen LogP contribution in [0.4, 0.5) is 10.1 Å². The Morgan fingerprint density at radius 3 is 2.62 bits per heavy atom. The third kappa shape index (κ3) is 3.48. The number of aromatic hydroxyl groups is 1. The lowest BCUT2D eigenvalue weighted by atomic mass is 10.1. The molecule has 0 saturated heterocycles. The molecule has 2 N–H and O–H groups in total. The number of nitrogens with zero attached hydrogens (tertiary/aromatic N) is 2. The number of nitrogens with one attached hydrogen (secondary N) is 1. The van der Waals surface area contributed by atoms with Gasteiger partial charge in [-0.05, 0) is 54.5 Å². The zero-order chi connectivity index (χ0) is 18.7. The highest BCUT2D eigenvalue weighted by Crippen LogP contribution is 2.22. The van der Waals surface area contributed by atoms with Crippen molar-refractivity contribution in [3.05, 3.63) is 80.6 Å². The fourth-order valence-corrected chi connectivity index (χ4v) is 2.84. The van der Waals surface area contributed by atoms with Gasteiger partial charge in [0.15, 0.2) is 4.77 Å². The molecule has 2 aromatic carbocycles. The van der Waals surface area contributed by atoms with Crippen LogP contribution in [-0.2, 0) is 6.42 Å². The van der Waals surface area contributed by atoms with Crippen LogP contribution < -0.4 is 5.56 Å². The predicted molar refractivity (Wildman–Crippen MR) is 102 cm³/mol. The zero-order valence-corrected chi connectivity index (χ0v) is 14.8. The van der Waals surface area contributed by atoms with Crippen molar-refractivity contribution < 1.29 is 9.50 Å². The largest absolute Gasteiger partial charge is 0.494 e. The molecule has 0 bridgehead atoms. The van der Waals surface area contributed by atoms with E-state index in [1.807, 2.05) is 31.2 Å². The minimum absolute atomic E-state index is 0.00483. The third-order valence-corrected chi connectivity index (χ3v) is 4.20. The molecule has 1 heterocycles. The van der Waals surface area contributed by atoms with Gasteiger partial charge in [-0.1, -0.05) is 25.1 Å². The first-order valence-corrected chi connectivity index (χ1v) is 8.38. The maximum Gasteiger partial charge on any atom is 0.264 e. The fourth-order valence-electron chi connectivity index (χ4n) is 2.55. The van der Waals surface area contributed by atoms with Crippen LogP contribution in [0.2, 0.25) is 0 Å². The highest BCUT2D eigenvalue weighted by Gasteiger charge is 2.13. The van der Waals surface area contributed by atoms with Crippen LogP contribution in [0, 0.1) is 10.6 Å². The van der Waals surface area contributed by atoms with E-state index in [1.54, 1.807) is 0 Å². The van der Waals surface area contributed by atoms with E-state index in [4.69, 9.17) is 12.2 Å². The maximum atomic E-state index is 13.1. The number of hydrogen-bond acceptors (Lipinski definition) is 4. The molecule has 0 spiro atoms. The Morgan fingerprint density at radius 1 is 1.23 bits per heavy atom. The molecule has 0 radical (unpaired) electrons. The topological polar surface area (TPSA) is 70.4 Å². The van der Waals surface area contributed by atoms with Gasteiger partial charge in [0, 0.05) is 6.21 Å². The summed E-state index contributed by atoms with van der Waals surface area (Å²) in [7, 11) is 0. The van der Waals surface area contributed by atoms with Crippen molar-refractivity contribution in [3.8, 4) is 11.6 Å². The summed E-state index contributed by atoms with van der Waals surface area (Å²) < 4.78 is 14.4. The van der Waals surface area contributed by atoms with Crippen molar-refractivity contribution in [3.63, 3.8) is 0 Å². The Morgan fingerprint density at radius 2 is 1.92 bits per heavy atom. The molecule has 0 fully saturated rings. The molecule has 0 unspecified atom stereocenters. The minimum Gasteiger partial charge on any atom is -0.494 e. The lowest BCUT2D eigenvalue weighted by molar-refractivity contribution is 0.432. The molecular weight excluding hydrogens is 353 g/mol. The smallest absolute Gasteiger partial charge is 0.264 e. The summed E-state index contributed by atoms with van der Waals surface area (Å²) in [6.45, 7) is 2.01. The van der Waals surface area contributed by atoms with Gasteiger partial charge in [-0.3, -0.25) is 19.3 Å². The molecule has 0 atom stereocenters. The third-order valence-electron chi connectivity index (χ3n) is 3.91. The summed E-state index contributed by atoms with van der Waals surface area (Å²) in [6, 6.07) is 12.9. The molecule has 26 heavy (non-hydrogen) atoms. The first-order valence-electron chi connectivity index (χ1n) is 7.97. The number of aromatic nitrogens is 2. The number of aromatic amines is 1. The Hall–Kier alpha value is -3.06. The van der Waals surface area contributed by atoms with Gasteiger partial charge in [0.25, 0.3) is 5.56 Å². The molecular formula is C19H16FN3O2S. The van der Waals surface area contributed by atoms with Crippen molar-refractivity contribution in [1.29, 1.82) is 0 Å². The van der Waals surface area contributed by atoms with Crippen LogP contribution in [0.1, 0.15) is 18.1 Å². The van der Waals surface area contributed by atoms with E-state index in [0.29, 0.717) is 11.4 Å². The zero-order valence-electron chi connectivity index (χ0n) is 13.9. The number of H-pyrrole nitrogens is 1. The molecule has 1 aromatic heterocycles. The lowest BCUT2D eigenvalue weighted by Crippen LogP contribution is -2.18. The summed E-state index contributed by atoms with van der Waals surface area (Å²) in [5, 5.41) is 10.6. The van der Waals surface area contributed by atoms with E-state index in [2.05, 4.69) is 9.98 Å². The lowest BCUT2D eigenvalue weighted by Gasteiger charge is -2.11. The van der Waals surface area contributed by atoms with Crippen LogP contribution in [0.15, 0.2) is 58.3 Å². The molecule has 3 aromatic rings. The van der Waals surface area contributed by atoms with Gasteiger partial charge in [-0.15, -0.1) is 0 Å². The van der Waals surface area contributed by atoms with Crippen LogP contribution in [-0.4, -0.2) is 20.9 Å². The van der Waals surface area contributed by atoms with Crippen molar-refractivity contribution >= 4 is 24.1 Å². The Balaban J connectivity index is 2.12. The number of benzene rings is 2. The summed E-state index contributed by atoms with van der Waals surface area (Å²) in [4.78, 5) is 19.1. The number of aryl methyl sites for hydroxylation is 1. The Bertz CT molecular complexity index is 1090. The SMILES string of the molecule is CCc1ccccc1N=Cc1c(O)n(-c2ccc(F)cc2)c(=S)[nH]c1=O. The van der Waals surface area contributed by atoms with E-state index >= 15 is 0 Å². The van der Waals surface area contributed by atoms with E-state index in [9.17, 15) is 14.3 Å². The molecule has 0 aliphatic heterocycles. The quantitative estimate of drug-likeness (QED) is 0.538.